The predicted octanol–water partition coefficient (Wildman–Crippen LogP) is 2.88. The SMILES string of the molecule is O=C(O)Cn1ccc(C(=O)Nc2c(Br)cc(F)cc2Br)n1. The third-order valence-electron chi connectivity index (χ3n) is 2.42. The van der Waals surface area contributed by atoms with Crippen molar-refractivity contribution in [2.75, 3.05) is 5.32 Å². The van der Waals surface area contributed by atoms with Gasteiger partial charge < -0.3 is 10.4 Å². The Morgan fingerprint density at radius 1 is 1.33 bits per heavy atom. The van der Waals surface area contributed by atoms with E-state index in [-0.39, 0.29) is 12.2 Å². The standard InChI is InChI=1S/C12H8Br2FN3O3/c13-7-3-6(15)4-8(14)11(7)16-12(21)9-1-2-18(17-9)5-10(19)20/h1-4H,5H2,(H,16,21)(H,19,20). The first-order chi connectivity index (χ1) is 9.86. The van der Waals surface area contributed by atoms with Crippen LogP contribution in [0.25, 0.3) is 0 Å². The number of nitrogens with zero attached hydrogens (tertiary/aromatic N) is 2. The summed E-state index contributed by atoms with van der Waals surface area (Å²) in [5.74, 6) is -2.06. The van der Waals surface area contributed by atoms with Gasteiger partial charge in [-0.3, -0.25) is 14.3 Å². The summed E-state index contributed by atoms with van der Waals surface area (Å²) < 4.78 is 15.0. The van der Waals surface area contributed by atoms with Crippen LogP contribution in [0.2, 0.25) is 0 Å². The van der Waals surface area contributed by atoms with Gasteiger partial charge in [-0.25, -0.2) is 4.39 Å². The normalized spacial score (nSPS) is 10.4. The van der Waals surface area contributed by atoms with E-state index in [1.54, 1.807) is 0 Å². The maximum absolute atomic E-state index is 13.1. The molecule has 0 unspecified atom stereocenters. The number of hydrogen-bond acceptors (Lipinski definition) is 3. The zero-order valence-electron chi connectivity index (χ0n) is 10.3. The number of carboxylic acids is 1. The van der Waals surface area contributed by atoms with Crippen molar-refractivity contribution in [2.24, 2.45) is 0 Å². The second-order valence-corrected chi connectivity index (χ2v) is 5.70. The molecule has 6 nitrogen and oxygen atoms in total. The summed E-state index contributed by atoms with van der Waals surface area (Å²) in [7, 11) is 0. The Morgan fingerprint density at radius 2 is 1.95 bits per heavy atom. The highest BCUT2D eigenvalue weighted by molar-refractivity contribution is 9.11. The summed E-state index contributed by atoms with van der Waals surface area (Å²) in [5.41, 5.74) is 0.411. The van der Waals surface area contributed by atoms with E-state index < -0.39 is 17.7 Å². The fourth-order valence-electron chi connectivity index (χ4n) is 1.55. The van der Waals surface area contributed by atoms with E-state index in [1.165, 1.54) is 24.4 Å². The van der Waals surface area contributed by atoms with Crippen molar-refractivity contribution in [3.8, 4) is 0 Å². The largest absolute Gasteiger partial charge is 0.480 e. The van der Waals surface area contributed by atoms with Crippen molar-refractivity contribution >= 4 is 49.4 Å². The number of aromatic nitrogens is 2. The van der Waals surface area contributed by atoms with E-state index in [0.717, 1.165) is 4.68 Å². The van der Waals surface area contributed by atoms with E-state index in [4.69, 9.17) is 5.11 Å². The van der Waals surface area contributed by atoms with Crippen LogP contribution in [0.15, 0.2) is 33.3 Å². The van der Waals surface area contributed by atoms with Gasteiger partial charge in [0.05, 0.1) is 5.69 Å². The molecule has 21 heavy (non-hydrogen) atoms. The number of benzene rings is 1. The molecule has 0 saturated carbocycles. The topological polar surface area (TPSA) is 84.2 Å². The molecule has 0 aliphatic carbocycles. The second kappa shape index (κ2) is 6.35. The lowest BCUT2D eigenvalue weighted by molar-refractivity contribution is -0.137. The molecule has 0 aliphatic rings. The van der Waals surface area contributed by atoms with Crippen LogP contribution in [-0.2, 0) is 11.3 Å². The highest BCUT2D eigenvalue weighted by atomic mass is 79.9. The van der Waals surface area contributed by atoms with Gasteiger partial charge >= 0.3 is 5.97 Å². The van der Waals surface area contributed by atoms with E-state index >= 15 is 0 Å². The lowest BCUT2D eigenvalue weighted by Crippen LogP contribution is -2.15. The Balaban J connectivity index is 2.18. The lowest BCUT2D eigenvalue weighted by Gasteiger charge is -2.08. The van der Waals surface area contributed by atoms with Crippen LogP contribution in [0.4, 0.5) is 10.1 Å². The molecule has 0 saturated heterocycles. The zero-order valence-corrected chi connectivity index (χ0v) is 13.5. The molecule has 9 heteroatoms. The summed E-state index contributed by atoms with van der Waals surface area (Å²) >= 11 is 6.30. The van der Waals surface area contributed by atoms with Crippen molar-refractivity contribution < 1.29 is 19.1 Å². The number of nitrogens with one attached hydrogen (secondary N) is 1. The van der Waals surface area contributed by atoms with Gasteiger partial charge in [0.25, 0.3) is 5.91 Å². The number of carbonyl (C=O) groups excluding carboxylic acids is 1. The number of rotatable bonds is 4. The van der Waals surface area contributed by atoms with Crippen LogP contribution < -0.4 is 5.32 Å². The van der Waals surface area contributed by atoms with Gasteiger partial charge in [0.1, 0.15) is 12.4 Å². The first kappa shape index (κ1) is 15.6. The van der Waals surface area contributed by atoms with E-state index in [1.807, 2.05) is 0 Å². The van der Waals surface area contributed by atoms with Crippen LogP contribution in [0, 0.1) is 5.82 Å². The molecule has 2 aromatic rings. The minimum Gasteiger partial charge on any atom is -0.480 e. The quantitative estimate of drug-likeness (QED) is 0.796. The van der Waals surface area contributed by atoms with Crippen LogP contribution in [0.3, 0.4) is 0 Å². The molecule has 1 amide bonds. The van der Waals surface area contributed by atoms with Crippen LogP contribution in [-0.4, -0.2) is 26.8 Å². The molecule has 0 radical (unpaired) electrons. The van der Waals surface area contributed by atoms with Crippen LogP contribution in [0.1, 0.15) is 10.5 Å². The fraction of sp³-hybridized carbons (Fsp3) is 0.0833. The molecule has 0 bridgehead atoms. The van der Waals surface area contributed by atoms with Crippen molar-refractivity contribution in [1.29, 1.82) is 0 Å². The first-order valence-electron chi connectivity index (χ1n) is 5.58. The smallest absolute Gasteiger partial charge is 0.325 e. The van der Waals surface area contributed by atoms with Gasteiger partial charge in [-0.05, 0) is 50.1 Å². The molecule has 1 aromatic carbocycles. The van der Waals surface area contributed by atoms with E-state index in [2.05, 4.69) is 42.3 Å². The van der Waals surface area contributed by atoms with Crippen LogP contribution >= 0.6 is 31.9 Å². The Bertz CT molecular complexity index is 695. The van der Waals surface area contributed by atoms with Gasteiger partial charge in [-0.15, -0.1) is 0 Å². The summed E-state index contributed by atoms with van der Waals surface area (Å²) in [6.45, 7) is -0.336. The summed E-state index contributed by atoms with van der Waals surface area (Å²) in [4.78, 5) is 22.6. The Morgan fingerprint density at radius 3 is 2.52 bits per heavy atom. The maximum atomic E-state index is 13.1. The van der Waals surface area contributed by atoms with Gasteiger partial charge in [0.15, 0.2) is 5.69 Å². The first-order valence-corrected chi connectivity index (χ1v) is 7.16. The van der Waals surface area contributed by atoms with E-state index in [9.17, 15) is 14.0 Å². The number of anilines is 1. The Hall–Kier alpha value is -1.74. The van der Waals surface area contributed by atoms with E-state index in [0.29, 0.717) is 14.6 Å². The second-order valence-electron chi connectivity index (χ2n) is 3.99. The van der Waals surface area contributed by atoms with Crippen molar-refractivity contribution in [2.45, 2.75) is 6.54 Å². The third kappa shape index (κ3) is 3.88. The average molecular weight is 421 g/mol. The fourth-order valence-corrected chi connectivity index (χ4v) is 2.88. The van der Waals surface area contributed by atoms with Gasteiger partial charge in [-0.2, -0.15) is 5.10 Å². The summed E-state index contributed by atoms with van der Waals surface area (Å²) in [6.07, 6.45) is 1.39. The molecule has 0 aliphatic heterocycles. The number of hydrogen-bond donors (Lipinski definition) is 2. The number of aliphatic carboxylic acids is 1. The summed E-state index contributed by atoms with van der Waals surface area (Å²) in [5, 5.41) is 15.0. The molecular formula is C12H8Br2FN3O3. The van der Waals surface area contributed by atoms with Gasteiger partial charge in [0.2, 0.25) is 0 Å². The van der Waals surface area contributed by atoms with Gasteiger partial charge in [0, 0.05) is 15.1 Å². The lowest BCUT2D eigenvalue weighted by atomic mass is 10.3. The molecule has 0 spiro atoms. The van der Waals surface area contributed by atoms with Crippen molar-refractivity contribution in [3.05, 3.63) is 44.9 Å². The molecule has 0 fully saturated rings. The number of carbonyl (C=O) groups is 2. The summed E-state index contributed by atoms with van der Waals surface area (Å²) in [6, 6.07) is 3.82. The average Bonchev–Trinajstić information content (AvgIpc) is 2.81. The molecule has 2 rings (SSSR count). The van der Waals surface area contributed by atoms with Crippen molar-refractivity contribution in [3.63, 3.8) is 0 Å². The minimum atomic E-state index is -1.06. The number of carboxylic acid groups (broad SMARTS) is 1. The highest BCUT2D eigenvalue weighted by Crippen LogP contribution is 2.32. The third-order valence-corrected chi connectivity index (χ3v) is 3.67. The molecule has 1 heterocycles. The molecular weight excluding hydrogens is 413 g/mol. The molecule has 2 N–H and O–H groups in total. The zero-order chi connectivity index (χ0) is 15.6. The Labute approximate surface area is 135 Å². The van der Waals surface area contributed by atoms with Gasteiger partial charge in [-0.1, -0.05) is 0 Å². The monoisotopic (exact) mass is 419 g/mol. The highest BCUT2D eigenvalue weighted by Gasteiger charge is 2.15. The number of amides is 1. The number of halogens is 3. The molecule has 1 aromatic heterocycles. The van der Waals surface area contributed by atoms with Crippen molar-refractivity contribution in [1.82, 2.24) is 9.78 Å². The molecule has 0 atom stereocenters. The Kier molecular flexibility index (Phi) is 4.73. The maximum Gasteiger partial charge on any atom is 0.325 e. The van der Waals surface area contributed by atoms with Crippen LogP contribution in [0.5, 0.6) is 0 Å². The predicted molar refractivity (Wildman–Crippen MR) is 79.6 cm³/mol. The minimum absolute atomic E-state index is 0.0550. The molecule has 110 valence electrons.